The lowest BCUT2D eigenvalue weighted by atomic mass is 9.32. The third kappa shape index (κ3) is 8.30. The van der Waals surface area contributed by atoms with Gasteiger partial charge in [-0.2, -0.15) is 12.7 Å². The van der Waals surface area contributed by atoms with E-state index in [0.717, 1.165) is 83.6 Å². The molecule has 0 bridgehead atoms. The third-order valence-electron chi connectivity index (χ3n) is 16.9. The zero-order chi connectivity index (χ0) is 44.3. The molecule has 342 valence electrons. The maximum absolute atomic E-state index is 15.3. The largest absolute Gasteiger partial charge is 0.343 e. The molecule has 0 unspecified atom stereocenters. The molecule has 4 N–H and O–H groups in total. The summed E-state index contributed by atoms with van der Waals surface area (Å²) in [5.41, 5.74) is -2.69. The second-order valence-corrected chi connectivity index (χ2v) is 23.7. The van der Waals surface area contributed by atoms with Gasteiger partial charge >= 0.3 is 10.2 Å². The first-order valence-electron chi connectivity index (χ1n) is 23.6. The molecule has 3 heterocycles. The van der Waals surface area contributed by atoms with Gasteiger partial charge in [-0.25, -0.2) is 4.72 Å². The minimum absolute atomic E-state index is 0.0690. The molecular weight excluding hydrogens is 795 g/mol. The molecule has 14 nitrogen and oxygen atoms in total. The molecule has 0 aromatic rings. The first-order valence-corrected chi connectivity index (χ1v) is 25.0. The first-order chi connectivity index (χ1) is 28.6. The highest BCUT2D eigenvalue weighted by molar-refractivity contribution is 7.87. The van der Waals surface area contributed by atoms with Gasteiger partial charge in [0.15, 0.2) is 0 Å². The van der Waals surface area contributed by atoms with Crippen LogP contribution in [0.1, 0.15) is 151 Å². The number of likely N-dealkylation sites (tertiary alicyclic amines) is 2. The molecule has 3 aliphatic heterocycles. The van der Waals surface area contributed by atoms with E-state index in [1.165, 1.54) is 4.31 Å². The van der Waals surface area contributed by atoms with Crippen molar-refractivity contribution < 1.29 is 32.4 Å². The van der Waals surface area contributed by atoms with Crippen molar-refractivity contribution in [2.24, 2.45) is 33.5 Å². The average molecular weight is 870 g/mol. The van der Waals surface area contributed by atoms with Crippen molar-refractivity contribution in [3.8, 4) is 0 Å². The van der Waals surface area contributed by atoms with E-state index in [2.05, 4.69) is 59.8 Å². The average Bonchev–Trinajstić information content (AvgIpc) is 3.49. The van der Waals surface area contributed by atoms with E-state index in [-0.39, 0.29) is 58.4 Å². The van der Waals surface area contributed by atoms with Gasteiger partial charge in [0.25, 0.3) is 5.91 Å². The standard InChI is InChI=1S/C46H75N7O7S/c1-9-32-26-46(32,41(58)50-61(59,60)51-23-15-16-24-51)49-38(55)34-27-45(28-44(21-17-22-44)43(45,7)8)29-53(34)40(57)36(42(4,5)6)48-39(56)35(31-18-11-10-12-19-31)47-37(54)33-20-13-14-25-52(33)30(2)3/h9,30-36H,1,10-29H2,2-8H3,(H,47,54)(H,48,56)(H,49,55)(H,50,58)/t32-,33+,34+,35+,36-,45-,46-/m1/s1. The minimum atomic E-state index is -4.11. The Morgan fingerprint density at radius 3 is 1.98 bits per heavy atom. The number of carbonyl (C=O) groups excluding carboxylic acids is 5. The first kappa shape index (κ1) is 46.0. The number of nitrogens with zero attached hydrogens (tertiary/aromatic N) is 3. The topological polar surface area (TPSA) is 177 Å². The van der Waals surface area contributed by atoms with Crippen LogP contribution in [0.5, 0.6) is 0 Å². The molecule has 7 atom stereocenters. The molecule has 3 saturated heterocycles. The predicted octanol–water partition coefficient (Wildman–Crippen LogP) is 4.55. The zero-order valence-electron chi connectivity index (χ0n) is 38.1. The molecule has 5 amide bonds. The summed E-state index contributed by atoms with van der Waals surface area (Å²) in [5.74, 6) is -2.77. The highest BCUT2D eigenvalue weighted by Crippen LogP contribution is 2.78. The number of rotatable bonds is 13. The Balaban J connectivity index is 1.15. The van der Waals surface area contributed by atoms with Crippen molar-refractivity contribution >= 4 is 39.7 Å². The van der Waals surface area contributed by atoms with Gasteiger partial charge in [0.05, 0.1) is 6.04 Å². The summed E-state index contributed by atoms with van der Waals surface area (Å²) in [7, 11) is -4.11. The second kappa shape index (κ2) is 16.8. The van der Waals surface area contributed by atoms with E-state index in [1.54, 1.807) is 11.0 Å². The fraction of sp³-hybridized carbons (Fsp3) is 0.848. The summed E-state index contributed by atoms with van der Waals surface area (Å²) >= 11 is 0. The van der Waals surface area contributed by atoms with Gasteiger partial charge in [0, 0.05) is 31.6 Å². The van der Waals surface area contributed by atoms with Crippen molar-refractivity contribution in [2.45, 2.75) is 187 Å². The van der Waals surface area contributed by atoms with Gasteiger partial charge in [0.2, 0.25) is 23.6 Å². The summed E-state index contributed by atoms with van der Waals surface area (Å²) in [4.78, 5) is 76.8. The van der Waals surface area contributed by atoms with Gasteiger partial charge < -0.3 is 20.9 Å². The Labute approximate surface area is 365 Å². The van der Waals surface area contributed by atoms with E-state index < -0.39 is 57.0 Å². The van der Waals surface area contributed by atoms with Crippen LogP contribution in [0, 0.1) is 33.5 Å². The second-order valence-electron chi connectivity index (χ2n) is 22.0. The van der Waals surface area contributed by atoms with E-state index in [4.69, 9.17) is 0 Å². The van der Waals surface area contributed by atoms with Crippen molar-refractivity contribution in [1.82, 2.24) is 34.8 Å². The smallest absolute Gasteiger partial charge is 0.303 e. The fourth-order valence-electron chi connectivity index (χ4n) is 12.5. The van der Waals surface area contributed by atoms with Crippen molar-refractivity contribution in [1.29, 1.82) is 0 Å². The summed E-state index contributed by atoms with van der Waals surface area (Å²) in [6.45, 7) is 20.1. The molecule has 2 spiro atoms. The Kier molecular flexibility index (Phi) is 12.7. The van der Waals surface area contributed by atoms with Crippen LogP contribution in [-0.2, 0) is 34.2 Å². The van der Waals surface area contributed by atoms with E-state index in [0.29, 0.717) is 38.9 Å². The van der Waals surface area contributed by atoms with Gasteiger partial charge in [0.1, 0.15) is 23.7 Å². The Morgan fingerprint density at radius 1 is 0.787 bits per heavy atom. The van der Waals surface area contributed by atoms with Crippen LogP contribution in [0.15, 0.2) is 12.7 Å². The van der Waals surface area contributed by atoms with Gasteiger partial charge in [-0.05, 0) is 119 Å². The lowest BCUT2D eigenvalue weighted by molar-refractivity contribution is -0.231. The molecule has 61 heavy (non-hydrogen) atoms. The summed E-state index contributed by atoms with van der Waals surface area (Å²) in [6.07, 6.45) is 15.1. The number of hydrogen-bond donors (Lipinski definition) is 4. The molecule has 15 heteroatoms. The maximum atomic E-state index is 15.3. The van der Waals surface area contributed by atoms with Crippen LogP contribution in [0.4, 0.5) is 0 Å². The van der Waals surface area contributed by atoms with Crippen molar-refractivity contribution in [3.05, 3.63) is 12.7 Å². The monoisotopic (exact) mass is 870 g/mol. The highest BCUT2D eigenvalue weighted by atomic mass is 32.2. The minimum Gasteiger partial charge on any atom is -0.343 e. The van der Waals surface area contributed by atoms with Crippen LogP contribution < -0.4 is 20.7 Å². The van der Waals surface area contributed by atoms with Gasteiger partial charge in [-0.15, -0.1) is 6.58 Å². The Hall–Kier alpha value is -3.04. The van der Waals surface area contributed by atoms with Crippen LogP contribution >= 0.6 is 0 Å². The quantitative estimate of drug-likeness (QED) is 0.195. The molecule has 4 aliphatic carbocycles. The van der Waals surface area contributed by atoms with Gasteiger partial charge in [-0.3, -0.25) is 28.9 Å². The molecule has 7 aliphatic rings. The summed E-state index contributed by atoms with van der Waals surface area (Å²) in [5, 5.41) is 9.35. The molecule has 0 aromatic carbocycles. The number of nitrogens with one attached hydrogen (secondary N) is 4. The molecule has 7 fully saturated rings. The highest BCUT2D eigenvalue weighted by Gasteiger charge is 2.73. The predicted molar refractivity (Wildman–Crippen MR) is 234 cm³/mol. The fourth-order valence-corrected chi connectivity index (χ4v) is 13.8. The van der Waals surface area contributed by atoms with Crippen molar-refractivity contribution in [3.63, 3.8) is 0 Å². The van der Waals surface area contributed by atoms with Crippen LogP contribution in [-0.4, -0.2) is 114 Å². The molecule has 0 radical (unpaired) electrons. The molecule has 7 rings (SSSR count). The molecule has 4 saturated carbocycles. The van der Waals surface area contributed by atoms with Crippen LogP contribution in [0.3, 0.4) is 0 Å². The molecular formula is C46H75N7O7S. The SMILES string of the molecule is C=C[C@@H]1C[C@]1(NC(=O)[C@@H]1C[C@]2(CN1C(=O)[C@@H](NC(=O)[C@@H](NC(=O)[C@@H]1CCCCN1C(C)C)C1CCCCC1)C(C)(C)C)CC1(CCC1)C2(C)C)C(=O)NS(=O)(=O)N1CCCC1. The van der Waals surface area contributed by atoms with Crippen LogP contribution in [0.2, 0.25) is 0 Å². The van der Waals surface area contributed by atoms with E-state index >= 15 is 4.79 Å². The lowest BCUT2D eigenvalue weighted by Crippen LogP contribution is -2.67. The maximum Gasteiger partial charge on any atom is 0.303 e. The number of hydrogen-bond acceptors (Lipinski definition) is 8. The normalized spacial score (nSPS) is 32.4. The van der Waals surface area contributed by atoms with E-state index in [9.17, 15) is 27.6 Å². The lowest BCUT2D eigenvalue weighted by Gasteiger charge is -2.72. The zero-order valence-corrected chi connectivity index (χ0v) is 38.9. The van der Waals surface area contributed by atoms with Gasteiger partial charge in [-0.1, -0.05) is 72.8 Å². The molecule has 0 aromatic heterocycles. The number of amides is 5. The third-order valence-corrected chi connectivity index (χ3v) is 18.4. The summed E-state index contributed by atoms with van der Waals surface area (Å²) in [6, 6.07) is -2.94. The van der Waals surface area contributed by atoms with E-state index in [1.807, 2.05) is 20.8 Å². The summed E-state index contributed by atoms with van der Waals surface area (Å²) < 4.78 is 29.9. The van der Waals surface area contributed by atoms with Crippen LogP contribution in [0.25, 0.3) is 0 Å². The number of carbonyl (C=O) groups is 5. The van der Waals surface area contributed by atoms with Crippen molar-refractivity contribution in [2.75, 3.05) is 26.2 Å². The Morgan fingerprint density at radius 2 is 1.43 bits per heavy atom. The Bertz CT molecular complexity index is 1850. The number of piperidine rings is 1.